The van der Waals surface area contributed by atoms with Crippen molar-refractivity contribution in [2.24, 2.45) is 0 Å². The first-order valence-electron chi connectivity index (χ1n) is 38.2. The summed E-state index contributed by atoms with van der Waals surface area (Å²) in [4.78, 5) is 118. The Morgan fingerprint density at radius 3 is 0.984 bits per heavy atom. The second-order valence-corrected chi connectivity index (χ2v) is 32.5. The van der Waals surface area contributed by atoms with Gasteiger partial charge in [-0.05, 0) is 70.8 Å². The number of nitrogens with one attached hydrogen (secondary N) is 2. The maximum absolute atomic E-state index is 15.5. The number of aliphatic hydroxyl groups excluding tert-OH is 1. The minimum absolute atomic E-state index is 0.0330. The zero-order valence-corrected chi connectivity index (χ0v) is 69.7. The van der Waals surface area contributed by atoms with E-state index >= 15 is 14.4 Å². The second kappa shape index (κ2) is 43.9. The molecule has 4 saturated heterocycles. The Hall–Kier alpha value is -9.26. The third-order valence-corrected chi connectivity index (χ3v) is 20.8. The molecule has 2 amide bonds. The maximum atomic E-state index is 15.5. The molecule has 122 heavy (non-hydrogen) atoms. The van der Waals surface area contributed by atoms with Gasteiger partial charge in [-0.1, -0.05) is 264 Å². The highest BCUT2D eigenvalue weighted by Gasteiger charge is 2.62. The quantitative estimate of drug-likeness (QED) is 0.0195. The molecule has 0 bridgehead atoms. The van der Waals surface area contributed by atoms with Gasteiger partial charge in [-0.2, -0.15) is 0 Å². The number of hydrogen-bond acceptors (Lipinski definition) is 27. The molecule has 646 valence electrons. The SMILES string of the molecule is COC(=O)[C@H]1O[C@@H](O[C@@H]2[C@@H](NC(=O)C(Cl)(Cl)Cl)[C@H](O[C@H]3[C@H](OCc4ccccc4)[C@@H](OC(=O)c4ccccc4)[C@H](O[C@@H]4[C@@H](NC(=O)C(Cl)(Cl)Cl)[C@H](OC)O[C@H](COC(=O)c5ccccc5)[C@@H]4OCc4ccccc4)O[C@@H]3C(=O)OC)O[C@H](COC(=O)c3ccccc3)[C@@H]2OCc2ccccc2)[C@H](OC(=O)c2ccccc2)[C@@H](OCc2ccccc2)[C@@H]1O. The van der Waals surface area contributed by atoms with Crippen LogP contribution in [0, 0.1) is 0 Å². The van der Waals surface area contributed by atoms with Gasteiger partial charge in [0.05, 0.1) is 62.9 Å². The molecule has 0 spiro atoms. The van der Waals surface area contributed by atoms with Crippen LogP contribution >= 0.6 is 69.6 Å². The van der Waals surface area contributed by atoms with Crippen LogP contribution in [0.2, 0.25) is 0 Å². The molecule has 12 rings (SSSR count). The van der Waals surface area contributed by atoms with Crippen LogP contribution in [-0.4, -0.2) is 218 Å². The average Bonchev–Trinajstić information content (AvgIpc) is 0.745. The number of ether oxygens (including phenoxy) is 18. The van der Waals surface area contributed by atoms with Crippen molar-refractivity contribution in [3.05, 3.63) is 287 Å². The van der Waals surface area contributed by atoms with Gasteiger partial charge in [-0.3, -0.25) is 9.59 Å². The summed E-state index contributed by atoms with van der Waals surface area (Å²) in [6, 6.07) is 61.2. The molecule has 0 aliphatic carbocycles. The molecular formula is C87H84Cl6N2O27. The van der Waals surface area contributed by atoms with Gasteiger partial charge < -0.3 is 101 Å². The first-order valence-corrected chi connectivity index (χ1v) is 40.4. The third-order valence-electron chi connectivity index (χ3n) is 19.8. The number of hydrogen-bond donors (Lipinski definition) is 3. The number of halogens is 6. The molecule has 0 unspecified atom stereocenters. The van der Waals surface area contributed by atoms with Crippen molar-refractivity contribution in [2.75, 3.05) is 34.5 Å². The minimum Gasteiger partial charge on any atom is -0.467 e. The number of carbonyl (C=O) groups excluding carboxylic acids is 8. The Kier molecular flexibility index (Phi) is 33.1. The molecule has 35 heteroatoms. The van der Waals surface area contributed by atoms with Crippen molar-refractivity contribution < 1.29 is 129 Å². The molecule has 4 fully saturated rings. The van der Waals surface area contributed by atoms with Gasteiger partial charge in [0.15, 0.2) is 49.6 Å². The highest BCUT2D eigenvalue weighted by molar-refractivity contribution is 6.76. The average molecular weight is 1800 g/mol. The van der Waals surface area contributed by atoms with E-state index in [2.05, 4.69) is 10.6 Å². The molecule has 29 nitrogen and oxygen atoms in total. The lowest BCUT2D eigenvalue weighted by Gasteiger charge is -2.52. The standard InChI is InChI=1S/C87H84Cl6N2O27/c1-105-78(101)68-62(96)67(110-46-52-32-16-6-17-33-52)72(116-76(99)56-40-24-10-25-41-56)82(120-68)119-66-61(95-85(104)87(91,92)93)81(115-59(49-113-75(98)55-38-22-9-23-39-55)64(66)109-45-51-30-14-5-15-31-51)121-70-69(111-47-53-34-18-7-19-35-53)73(117-77(100)57-42-26-11-27-43-57)83(122-71(70)79(102)106-2)118-65-60(94-84(103)86(88,89)90)80(107-3)114-58(48-112-74(97)54-36-20-8-21-37-54)63(65)108-44-50-28-12-4-13-29-50/h4-43,58-73,80-83,96H,44-49H2,1-3H3,(H,94,103)(H,95,104)/t58-,59-,60-,61-,62+,63+,64+,65-,66-,67+,68+,69+,70+,71+,72-,73-,80-,81+,82-,83-/m1/s1. The molecule has 20 atom stereocenters. The van der Waals surface area contributed by atoms with E-state index in [1.807, 2.05) is 0 Å². The van der Waals surface area contributed by atoms with E-state index < -0.39 is 198 Å². The van der Waals surface area contributed by atoms with Crippen LogP contribution in [0.15, 0.2) is 243 Å². The Balaban J connectivity index is 1.05. The summed E-state index contributed by atoms with van der Waals surface area (Å²) < 4.78 is 112. The van der Waals surface area contributed by atoms with E-state index in [4.69, 9.17) is 155 Å². The lowest BCUT2D eigenvalue weighted by atomic mass is 9.93. The van der Waals surface area contributed by atoms with Crippen LogP contribution in [0.1, 0.15) is 63.7 Å². The van der Waals surface area contributed by atoms with Gasteiger partial charge in [-0.15, -0.1) is 0 Å². The molecule has 8 aromatic rings. The predicted molar refractivity (Wildman–Crippen MR) is 436 cm³/mol. The molecule has 4 aliphatic rings. The molecule has 4 aliphatic heterocycles. The van der Waals surface area contributed by atoms with Crippen LogP contribution in [0.5, 0.6) is 0 Å². The number of amides is 2. The summed E-state index contributed by atoms with van der Waals surface area (Å²) in [7, 11) is 3.19. The number of carbonyl (C=O) groups is 8. The zero-order valence-electron chi connectivity index (χ0n) is 65.2. The predicted octanol–water partition coefficient (Wildman–Crippen LogP) is 10.6. The van der Waals surface area contributed by atoms with Crippen molar-refractivity contribution in [2.45, 2.75) is 157 Å². The topological polar surface area (TPSA) is 347 Å². The Bertz CT molecular complexity index is 4720. The third kappa shape index (κ3) is 24.2. The van der Waals surface area contributed by atoms with Gasteiger partial charge >= 0.3 is 35.8 Å². The van der Waals surface area contributed by atoms with Crippen LogP contribution in [0.25, 0.3) is 0 Å². The molecule has 0 saturated carbocycles. The molecule has 8 aromatic carbocycles. The summed E-state index contributed by atoms with van der Waals surface area (Å²) in [5, 5.41) is 17.8. The number of alkyl halides is 6. The van der Waals surface area contributed by atoms with E-state index in [0.717, 1.165) is 14.2 Å². The Labute approximate surface area is 730 Å². The number of rotatable bonds is 33. The maximum Gasteiger partial charge on any atom is 0.338 e. The highest BCUT2D eigenvalue weighted by Crippen LogP contribution is 2.42. The molecule has 0 radical (unpaired) electrons. The molecule has 3 N–H and O–H groups in total. The van der Waals surface area contributed by atoms with E-state index in [9.17, 15) is 29.1 Å². The lowest BCUT2D eigenvalue weighted by molar-refractivity contribution is -0.375. The lowest BCUT2D eigenvalue weighted by Crippen LogP contribution is -2.72. The van der Waals surface area contributed by atoms with Crippen molar-refractivity contribution >= 4 is 117 Å². The van der Waals surface area contributed by atoms with Gasteiger partial charge in [0.25, 0.3) is 19.4 Å². The molecule has 0 aromatic heterocycles. The van der Waals surface area contributed by atoms with Gasteiger partial charge in [0, 0.05) is 7.11 Å². The fourth-order valence-corrected chi connectivity index (χ4v) is 14.2. The van der Waals surface area contributed by atoms with Crippen molar-refractivity contribution in [1.29, 1.82) is 0 Å². The summed E-state index contributed by atoms with van der Waals surface area (Å²) in [6.45, 7) is -2.88. The van der Waals surface area contributed by atoms with Crippen LogP contribution < -0.4 is 10.6 Å². The Morgan fingerprint density at radius 1 is 0.336 bits per heavy atom. The van der Waals surface area contributed by atoms with Crippen molar-refractivity contribution in [3.8, 4) is 0 Å². The Morgan fingerprint density at radius 2 is 0.631 bits per heavy atom. The van der Waals surface area contributed by atoms with E-state index in [1.165, 1.54) is 67.8 Å². The second-order valence-electron chi connectivity index (χ2n) is 28.0. The highest BCUT2D eigenvalue weighted by atomic mass is 35.6. The summed E-state index contributed by atoms with van der Waals surface area (Å²) >= 11 is 38.7. The largest absolute Gasteiger partial charge is 0.467 e. The number of esters is 6. The number of methoxy groups -OCH3 is 3. The van der Waals surface area contributed by atoms with Gasteiger partial charge in [-0.25, -0.2) is 28.8 Å². The minimum atomic E-state index is -2.93. The summed E-state index contributed by atoms with van der Waals surface area (Å²) in [6.07, 6.45) is -35.4. The zero-order chi connectivity index (χ0) is 86.5. The normalized spacial score (nSPS) is 26.5. The molecular weight excluding hydrogens is 1720 g/mol. The van der Waals surface area contributed by atoms with Crippen LogP contribution in [0.3, 0.4) is 0 Å². The van der Waals surface area contributed by atoms with Crippen molar-refractivity contribution in [1.82, 2.24) is 10.6 Å². The van der Waals surface area contributed by atoms with E-state index in [0.29, 0.717) is 22.3 Å². The number of benzene rings is 8. The first-order chi connectivity index (χ1) is 58.9. The monoisotopic (exact) mass is 1800 g/mol. The molecule has 4 heterocycles. The van der Waals surface area contributed by atoms with E-state index in [-0.39, 0.29) is 42.1 Å². The van der Waals surface area contributed by atoms with Gasteiger partial charge in [0.1, 0.15) is 86.3 Å². The summed E-state index contributed by atoms with van der Waals surface area (Å²) in [5.41, 5.74) is 2.10. The fourth-order valence-electron chi connectivity index (χ4n) is 13.8. The first kappa shape index (κ1) is 91.9. The van der Waals surface area contributed by atoms with Crippen molar-refractivity contribution in [3.63, 3.8) is 0 Å². The summed E-state index contributed by atoms with van der Waals surface area (Å²) in [5.74, 6) is -9.10. The fraction of sp³-hybridized carbons (Fsp3) is 0.356. The van der Waals surface area contributed by atoms with Gasteiger partial charge in [0.2, 0.25) is 0 Å². The van der Waals surface area contributed by atoms with Crippen LogP contribution in [-0.2, 0) is 131 Å². The van der Waals surface area contributed by atoms with Crippen LogP contribution in [0.4, 0.5) is 0 Å². The smallest absolute Gasteiger partial charge is 0.338 e. The van der Waals surface area contributed by atoms with E-state index in [1.54, 1.807) is 182 Å². The number of aliphatic hydroxyl groups is 1.